The molecule has 1 amide bonds. The highest BCUT2D eigenvalue weighted by atomic mass is 16.5. The first-order valence-electron chi connectivity index (χ1n) is 9.27. The summed E-state index contributed by atoms with van der Waals surface area (Å²) in [6.45, 7) is 3.57. The number of nitrogens with zero attached hydrogens (tertiary/aromatic N) is 3. The summed E-state index contributed by atoms with van der Waals surface area (Å²) in [6, 6.07) is 11.1. The maximum absolute atomic E-state index is 12.7. The van der Waals surface area contributed by atoms with E-state index in [9.17, 15) is 9.90 Å². The molecule has 0 aliphatic carbocycles. The number of aliphatic hydroxyl groups excluding tert-OH is 1. The Morgan fingerprint density at radius 2 is 2.00 bits per heavy atom. The number of likely N-dealkylation sites (tertiary alicyclic amines) is 1. The lowest BCUT2D eigenvalue weighted by Gasteiger charge is -2.26. The SMILES string of the molecule is CCc1ccc(CN(C)[C@H]2CN(C(=O)c3ccc(OC)cc3)C[C@@H]2O)nc1. The molecule has 2 heterocycles. The van der Waals surface area contributed by atoms with Gasteiger partial charge in [-0.25, -0.2) is 0 Å². The number of hydrogen-bond donors (Lipinski definition) is 1. The first-order chi connectivity index (χ1) is 13.0. The van der Waals surface area contributed by atoms with Gasteiger partial charge in [0.2, 0.25) is 0 Å². The van der Waals surface area contributed by atoms with E-state index in [1.54, 1.807) is 36.3 Å². The van der Waals surface area contributed by atoms with E-state index >= 15 is 0 Å². The Morgan fingerprint density at radius 1 is 1.26 bits per heavy atom. The second kappa shape index (κ2) is 8.50. The number of benzene rings is 1. The predicted molar refractivity (Wildman–Crippen MR) is 104 cm³/mol. The number of hydrogen-bond acceptors (Lipinski definition) is 5. The van der Waals surface area contributed by atoms with Gasteiger partial charge in [-0.05, 0) is 49.4 Å². The van der Waals surface area contributed by atoms with E-state index in [1.807, 2.05) is 19.3 Å². The van der Waals surface area contributed by atoms with Crippen LogP contribution in [0.4, 0.5) is 0 Å². The molecular weight excluding hydrogens is 342 g/mol. The molecule has 2 aromatic rings. The van der Waals surface area contributed by atoms with Crippen LogP contribution in [0, 0.1) is 0 Å². The van der Waals surface area contributed by atoms with Crippen LogP contribution in [0.15, 0.2) is 42.6 Å². The number of β-amino-alcohol motifs (C(OH)–C–C–N with tert-alkyl or cyclic N) is 1. The van der Waals surface area contributed by atoms with Crippen LogP contribution in [0.1, 0.15) is 28.5 Å². The van der Waals surface area contributed by atoms with Crippen molar-refractivity contribution >= 4 is 5.91 Å². The van der Waals surface area contributed by atoms with Crippen LogP contribution < -0.4 is 4.74 Å². The van der Waals surface area contributed by atoms with Gasteiger partial charge in [-0.15, -0.1) is 0 Å². The molecule has 1 aromatic heterocycles. The molecule has 6 heteroatoms. The van der Waals surface area contributed by atoms with Crippen molar-refractivity contribution in [2.24, 2.45) is 0 Å². The summed E-state index contributed by atoms with van der Waals surface area (Å²) in [5, 5.41) is 10.5. The molecule has 2 atom stereocenters. The number of methoxy groups -OCH3 is 1. The molecule has 144 valence electrons. The molecule has 1 saturated heterocycles. The van der Waals surface area contributed by atoms with Gasteiger partial charge < -0.3 is 14.7 Å². The van der Waals surface area contributed by atoms with Gasteiger partial charge in [0.05, 0.1) is 24.9 Å². The number of ether oxygens (including phenoxy) is 1. The quantitative estimate of drug-likeness (QED) is 0.843. The third kappa shape index (κ3) is 4.46. The first-order valence-corrected chi connectivity index (χ1v) is 9.27. The zero-order valence-corrected chi connectivity index (χ0v) is 16.1. The average molecular weight is 369 g/mol. The predicted octanol–water partition coefficient (Wildman–Crippen LogP) is 1.97. The van der Waals surface area contributed by atoms with E-state index in [2.05, 4.69) is 22.9 Å². The summed E-state index contributed by atoms with van der Waals surface area (Å²) in [7, 11) is 3.56. The van der Waals surface area contributed by atoms with Crippen molar-refractivity contribution in [2.45, 2.75) is 32.0 Å². The van der Waals surface area contributed by atoms with Crippen molar-refractivity contribution in [2.75, 3.05) is 27.2 Å². The van der Waals surface area contributed by atoms with E-state index in [0.717, 1.165) is 12.1 Å². The molecular formula is C21H27N3O3. The maximum Gasteiger partial charge on any atom is 0.254 e. The van der Waals surface area contributed by atoms with Crippen molar-refractivity contribution in [3.63, 3.8) is 0 Å². The summed E-state index contributed by atoms with van der Waals surface area (Å²) < 4.78 is 5.13. The monoisotopic (exact) mass is 369 g/mol. The Bertz CT molecular complexity index is 761. The molecule has 0 saturated carbocycles. The number of amides is 1. The topological polar surface area (TPSA) is 65.9 Å². The van der Waals surface area contributed by atoms with Gasteiger partial charge in [-0.1, -0.05) is 13.0 Å². The van der Waals surface area contributed by atoms with E-state index < -0.39 is 6.10 Å². The summed E-state index contributed by atoms with van der Waals surface area (Å²) in [5.41, 5.74) is 2.77. The minimum absolute atomic E-state index is 0.0713. The lowest BCUT2D eigenvalue weighted by atomic mass is 10.1. The summed E-state index contributed by atoms with van der Waals surface area (Å²) in [4.78, 5) is 21.0. The molecule has 6 nitrogen and oxygen atoms in total. The smallest absolute Gasteiger partial charge is 0.254 e. The zero-order valence-electron chi connectivity index (χ0n) is 16.1. The van der Waals surface area contributed by atoms with Crippen molar-refractivity contribution in [3.05, 3.63) is 59.4 Å². The molecule has 0 spiro atoms. The Morgan fingerprint density at radius 3 is 2.59 bits per heavy atom. The number of aryl methyl sites for hydroxylation is 1. The summed E-state index contributed by atoms with van der Waals surface area (Å²) in [5.74, 6) is 0.644. The van der Waals surface area contributed by atoms with E-state index in [1.165, 1.54) is 5.56 Å². The second-order valence-electron chi connectivity index (χ2n) is 7.00. The van der Waals surface area contributed by atoms with Gasteiger partial charge in [0, 0.05) is 31.4 Å². The lowest BCUT2D eigenvalue weighted by molar-refractivity contribution is 0.0762. The minimum Gasteiger partial charge on any atom is -0.497 e. The van der Waals surface area contributed by atoms with Crippen molar-refractivity contribution in [1.82, 2.24) is 14.8 Å². The highest BCUT2D eigenvalue weighted by Crippen LogP contribution is 2.20. The van der Waals surface area contributed by atoms with E-state index in [4.69, 9.17) is 4.74 Å². The third-order valence-electron chi connectivity index (χ3n) is 5.16. The standard InChI is InChI=1S/C21H27N3O3/c1-4-15-5-8-17(22-11-15)12-23(2)19-13-24(14-20(19)25)21(26)16-6-9-18(27-3)10-7-16/h5-11,19-20,25H,4,12-14H2,1-3H3/t19-,20-/m0/s1. The van der Waals surface area contributed by atoms with Crippen LogP contribution >= 0.6 is 0 Å². The van der Waals surface area contributed by atoms with Crippen molar-refractivity contribution in [1.29, 1.82) is 0 Å². The summed E-state index contributed by atoms with van der Waals surface area (Å²) in [6.07, 6.45) is 2.29. The van der Waals surface area contributed by atoms with Crippen LogP contribution in [0.3, 0.4) is 0 Å². The molecule has 0 radical (unpaired) electrons. The molecule has 1 aliphatic heterocycles. The Balaban J connectivity index is 1.62. The van der Waals surface area contributed by atoms with Crippen molar-refractivity contribution < 1.29 is 14.6 Å². The Labute approximate surface area is 160 Å². The first kappa shape index (κ1) is 19.3. The molecule has 1 N–H and O–H groups in total. The number of aliphatic hydroxyl groups is 1. The average Bonchev–Trinajstić information content (AvgIpc) is 3.10. The fraction of sp³-hybridized carbons (Fsp3) is 0.429. The Kier molecular flexibility index (Phi) is 6.08. The maximum atomic E-state index is 12.7. The van der Waals surface area contributed by atoms with Crippen LogP contribution in [-0.4, -0.2) is 65.2 Å². The molecule has 27 heavy (non-hydrogen) atoms. The molecule has 3 rings (SSSR count). The van der Waals surface area contributed by atoms with Gasteiger partial charge in [0.15, 0.2) is 0 Å². The fourth-order valence-corrected chi connectivity index (χ4v) is 3.42. The van der Waals surface area contributed by atoms with Gasteiger partial charge >= 0.3 is 0 Å². The molecule has 1 aliphatic rings. The lowest BCUT2D eigenvalue weighted by Crippen LogP contribution is -2.40. The van der Waals surface area contributed by atoms with E-state index in [0.29, 0.717) is 30.9 Å². The van der Waals surface area contributed by atoms with Crippen LogP contribution in [0.25, 0.3) is 0 Å². The van der Waals surface area contributed by atoms with Crippen LogP contribution in [0.2, 0.25) is 0 Å². The number of aromatic nitrogens is 1. The molecule has 0 unspecified atom stereocenters. The third-order valence-corrected chi connectivity index (χ3v) is 5.16. The minimum atomic E-state index is -0.577. The number of rotatable bonds is 6. The number of likely N-dealkylation sites (N-methyl/N-ethyl adjacent to an activating group) is 1. The van der Waals surface area contributed by atoms with Crippen molar-refractivity contribution in [3.8, 4) is 5.75 Å². The Hall–Kier alpha value is -2.44. The van der Waals surface area contributed by atoms with Gasteiger partial charge in [0.25, 0.3) is 5.91 Å². The highest BCUT2D eigenvalue weighted by Gasteiger charge is 2.36. The normalized spacial score (nSPS) is 19.5. The molecule has 1 fully saturated rings. The number of pyridine rings is 1. The zero-order chi connectivity index (χ0) is 19.4. The number of carbonyl (C=O) groups excluding carboxylic acids is 1. The largest absolute Gasteiger partial charge is 0.497 e. The molecule has 1 aromatic carbocycles. The molecule has 0 bridgehead atoms. The highest BCUT2D eigenvalue weighted by molar-refractivity contribution is 5.94. The second-order valence-corrected chi connectivity index (χ2v) is 7.00. The summed E-state index contributed by atoms with van der Waals surface area (Å²) >= 11 is 0. The van der Waals surface area contributed by atoms with Crippen LogP contribution in [-0.2, 0) is 13.0 Å². The van der Waals surface area contributed by atoms with Gasteiger partial charge in [-0.2, -0.15) is 0 Å². The van der Waals surface area contributed by atoms with Gasteiger partial charge in [0.1, 0.15) is 5.75 Å². The van der Waals surface area contributed by atoms with Crippen LogP contribution in [0.5, 0.6) is 5.75 Å². The van der Waals surface area contributed by atoms with Gasteiger partial charge in [-0.3, -0.25) is 14.7 Å². The number of carbonyl (C=O) groups is 1. The fourth-order valence-electron chi connectivity index (χ4n) is 3.42. The van der Waals surface area contributed by atoms with E-state index in [-0.39, 0.29) is 11.9 Å².